The van der Waals surface area contributed by atoms with Crippen molar-refractivity contribution >= 4 is 20.9 Å². The zero-order chi connectivity index (χ0) is 18.5. The number of nitrogens with zero attached hydrogens (tertiary/aromatic N) is 2. The van der Waals surface area contributed by atoms with Gasteiger partial charge in [-0.05, 0) is 54.6 Å². The van der Waals surface area contributed by atoms with Gasteiger partial charge in [0.2, 0.25) is 10.0 Å². The fraction of sp³-hybridized carbons (Fsp3) is 0.300. The molecule has 0 atom stereocenters. The van der Waals surface area contributed by atoms with Crippen molar-refractivity contribution in [1.29, 1.82) is 0 Å². The summed E-state index contributed by atoms with van der Waals surface area (Å²) in [5, 5.41) is 1.15. The van der Waals surface area contributed by atoms with Crippen LogP contribution in [-0.2, 0) is 23.1 Å². The largest absolute Gasteiger partial charge is 0.497 e. The zero-order valence-corrected chi connectivity index (χ0v) is 16.0. The first-order valence-electron chi connectivity index (χ1n) is 8.64. The predicted molar refractivity (Wildman–Crippen MR) is 102 cm³/mol. The van der Waals surface area contributed by atoms with Gasteiger partial charge in [0.05, 0.1) is 18.6 Å². The van der Waals surface area contributed by atoms with Crippen LogP contribution in [0.15, 0.2) is 47.4 Å². The van der Waals surface area contributed by atoms with Crippen molar-refractivity contribution in [2.24, 2.45) is 0 Å². The second-order valence-electron chi connectivity index (χ2n) is 6.78. The molecule has 0 amide bonds. The lowest BCUT2D eigenvalue weighted by Crippen LogP contribution is -2.38. The van der Waals surface area contributed by atoms with Crippen LogP contribution in [0.5, 0.6) is 5.75 Å². The van der Waals surface area contributed by atoms with E-state index in [-0.39, 0.29) is 0 Å². The van der Waals surface area contributed by atoms with Gasteiger partial charge >= 0.3 is 0 Å². The molecule has 0 saturated carbocycles. The molecule has 1 aliphatic rings. The van der Waals surface area contributed by atoms with Crippen molar-refractivity contribution in [1.82, 2.24) is 8.87 Å². The number of fused-ring (bicyclic) bond motifs is 3. The Bertz CT molecular complexity index is 1080. The zero-order valence-electron chi connectivity index (χ0n) is 15.2. The third kappa shape index (κ3) is 2.61. The molecule has 6 heteroatoms. The number of hydrogen-bond acceptors (Lipinski definition) is 3. The van der Waals surface area contributed by atoms with E-state index >= 15 is 0 Å². The van der Waals surface area contributed by atoms with E-state index in [1.54, 1.807) is 23.5 Å². The van der Waals surface area contributed by atoms with Gasteiger partial charge in [-0.15, -0.1) is 0 Å². The molecule has 5 nitrogen and oxygen atoms in total. The third-order valence-electron chi connectivity index (χ3n) is 5.08. The SMILES string of the molecule is COc1cc(C)c(S(=O)(=O)N2CCn3c(cc4ccccc43)C2)c(C)c1. The number of ether oxygens (including phenoxy) is 1. The van der Waals surface area contributed by atoms with E-state index in [1.165, 1.54) is 0 Å². The monoisotopic (exact) mass is 370 g/mol. The van der Waals surface area contributed by atoms with Crippen molar-refractivity contribution in [3.05, 3.63) is 59.3 Å². The first kappa shape index (κ1) is 17.1. The lowest BCUT2D eigenvalue weighted by molar-refractivity contribution is 0.345. The van der Waals surface area contributed by atoms with Crippen LogP contribution < -0.4 is 4.74 Å². The molecular formula is C20H22N2O3S. The first-order chi connectivity index (χ1) is 12.4. The Balaban J connectivity index is 1.74. The molecule has 0 N–H and O–H groups in total. The summed E-state index contributed by atoms with van der Waals surface area (Å²) in [6.45, 7) is 5.17. The quantitative estimate of drug-likeness (QED) is 0.709. The molecule has 2 aromatic carbocycles. The van der Waals surface area contributed by atoms with Crippen LogP contribution in [0.1, 0.15) is 16.8 Å². The number of hydrogen-bond donors (Lipinski definition) is 0. The summed E-state index contributed by atoms with van der Waals surface area (Å²) in [5.74, 6) is 0.678. The summed E-state index contributed by atoms with van der Waals surface area (Å²) in [7, 11) is -1.97. The molecule has 4 rings (SSSR count). The Morgan fingerprint density at radius 3 is 2.38 bits per heavy atom. The van der Waals surface area contributed by atoms with Crippen molar-refractivity contribution in [2.45, 2.75) is 31.8 Å². The minimum atomic E-state index is -3.56. The van der Waals surface area contributed by atoms with E-state index in [0.29, 0.717) is 41.4 Å². The van der Waals surface area contributed by atoms with Crippen LogP contribution in [0.2, 0.25) is 0 Å². The highest BCUT2D eigenvalue weighted by atomic mass is 32.2. The normalized spacial score (nSPS) is 15.2. The fourth-order valence-electron chi connectivity index (χ4n) is 3.90. The van der Waals surface area contributed by atoms with E-state index in [2.05, 4.69) is 22.8 Å². The van der Waals surface area contributed by atoms with Gasteiger partial charge < -0.3 is 9.30 Å². The minimum Gasteiger partial charge on any atom is -0.497 e. The van der Waals surface area contributed by atoms with Gasteiger partial charge in [-0.3, -0.25) is 0 Å². The predicted octanol–water partition coefficient (Wildman–Crippen LogP) is 3.47. The van der Waals surface area contributed by atoms with E-state index in [0.717, 1.165) is 16.6 Å². The van der Waals surface area contributed by atoms with Gasteiger partial charge in [-0.25, -0.2) is 8.42 Å². The second kappa shape index (κ2) is 6.14. The molecule has 0 spiro atoms. The highest BCUT2D eigenvalue weighted by molar-refractivity contribution is 7.89. The number of rotatable bonds is 3. The molecule has 0 fully saturated rings. The van der Waals surface area contributed by atoms with Crippen LogP contribution in [0.4, 0.5) is 0 Å². The molecule has 2 heterocycles. The average molecular weight is 370 g/mol. The molecule has 1 aliphatic heterocycles. The van der Waals surface area contributed by atoms with Crippen molar-refractivity contribution in [3.63, 3.8) is 0 Å². The average Bonchev–Trinajstić information content (AvgIpc) is 2.98. The summed E-state index contributed by atoms with van der Waals surface area (Å²) in [6.07, 6.45) is 0. The molecule has 0 unspecified atom stereocenters. The van der Waals surface area contributed by atoms with E-state index < -0.39 is 10.0 Å². The summed E-state index contributed by atoms with van der Waals surface area (Å²) in [4.78, 5) is 0.392. The molecule has 1 aromatic heterocycles. The Morgan fingerprint density at radius 1 is 1.00 bits per heavy atom. The second-order valence-corrected chi connectivity index (χ2v) is 8.65. The van der Waals surface area contributed by atoms with Crippen LogP contribution in [0, 0.1) is 13.8 Å². The van der Waals surface area contributed by atoms with E-state index in [1.807, 2.05) is 26.0 Å². The molecule has 0 aliphatic carbocycles. The first-order valence-corrected chi connectivity index (χ1v) is 10.1. The number of methoxy groups -OCH3 is 1. The number of sulfonamides is 1. The van der Waals surface area contributed by atoms with Crippen LogP contribution in [0.3, 0.4) is 0 Å². The Labute approximate surface area is 153 Å². The number of para-hydroxylation sites is 1. The van der Waals surface area contributed by atoms with Crippen LogP contribution in [-0.4, -0.2) is 30.9 Å². The summed E-state index contributed by atoms with van der Waals surface area (Å²) in [6, 6.07) is 13.8. The van der Waals surface area contributed by atoms with E-state index in [4.69, 9.17) is 4.74 Å². The van der Waals surface area contributed by atoms with Gasteiger partial charge in [-0.2, -0.15) is 4.31 Å². The summed E-state index contributed by atoms with van der Waals surface area (Å²) < 4.78 is 35.7. The summed E-state index contributed by atoms with van der Waals surface area (Å²) >= 11 is 0. The number of aromatic nitrogens is 1. The highest BCUT2D eigenvalue weighted by Gasteiger charge is 2.31. The fourth-order valence-corrected chi connectivity index (χ4v) is 5.72. The third-order valence-corrected chi connectivity index (χ3v) is 7.23. The molecule has 26 heavy (non-hydrogen) atoms. The Morgan fingerprint density at radius 2 is 1.69 bits per heavy atom. The molecule has 136 valence electrons. The molecule has 0 radical (unpaired) electrons. The molecule has 3 aromatic rings. The van der Waals surface area contributed by atoms with Gasteiger partial charge in [0.15, 0.2) is 0 Å². The maximum Gasteiger partial charge on any atom is 0.244 e. The molecule has 0 saturated heterocycles. The lowest BCUT2D eigenvalue weighted by Gasteiger charge is -2.29. The van der Waals surface area contributed by atoms with Gasteiger partial charge in [0.25, 0.3) is 0 Å². The highest BCUT2D eigenvalue weighted by Crippen LogP contribution is 2.31. The minimum absolute atomic E-state index is 0.391. The van der Waals surface area contributed by atoms with Crippen LogP contribution in [0.25, 0.3) is 10.9 Å². The lowest BCUT2D eigenvalue weighted by atomic mass is 10.1. The van der Waals surface area contributed by atoms with Crippen LogP contribution >= 0.6 is 0 Å². The van der Waals surface area contributed by atoms with Gasteiger partial charge in [0.1, 0.15) is 5.75 Å². The van der Waals surface area contributed by atoms with Crippen molar-refractivity contribution < 1.29 is 13.2 Å². The van der Waals surface area contributed by atoms with Gasteiger partial charge in [-0.1, -0.05) is 18.2 Å². The Kier molecular flexibility index (Phi) is 4.04. The topological polar surface area (TPSA) is 51.5 Å². The maximum absolute atomic E-state index is 13.3. The van der Waals surface area contributed by atoms with Crippen molar-refractivity contribution in [2.75, 3.05) is 13.7 Å². The number of aryl methyl sites for hydroxylation is 2. The standard InChI is InChI=1S/C20H22N2O3S/c1-14-10-18(25-3)11-15(2)20(14)26(23,24)21-8-9-22-17(13-21)12-16-6-4-5-7-19(16)22/h4-7,10-12H,8-9,13H2,1-3H3. The maximum atomic E-state index is 13.3. The summed E-state index contributed by atoms with van der Waals surface area (Å²) in [5.41, 5.74) is 3.63. The van der Waals surface area contributed by atoms with Crippen molar-refractivity contribution in [3.8, 4) is 5.75 Å². The number of benzene rings is 2. The molecular weight excluding hydrogens is 348 g/mol. The van der Waals surface area contributed by atoms with E-state index in [9.17, 15) is 8.42 Å². The van der Waals surface area contributed by atoms with Gasteiger partial charge in [0, 0.05) is 24.3 Å². The molecule has 0 bridgehead atoms. The Hall–Kier alpha value is -2.31. The smallest absolute Gasteiger partial charge is 0.244 e.